The van der Waals surface area contributed by atoms with Crippen molar-refractivity contribution < 1.29 is 4.79 Å². The number of likely N-dealkylation sites (tertiary alicyclic amines) is 1. The highest BCUT2D eigenvalue weighted by atomic mass is 16.1. The Morgan fingerprint density at radius 2 is 2.24 bits per heavy atom. The zero-order valence-corrected chi connectivity index (χ0v) is 9.93. The smallest absolute Gasteiger partial charge is 0.270 e. The standard InChI is InChI=1S/C12H18N4O/c17-12(11-4-6-13-10-15-11)14-5-3-9-16-7-1-2-8-16/h4,6,10H,1-3,5,7-9H2,(H,14,17). The molecule has 17 heavy (non-hydrogen) atoms. The molecule has 1 aliphatic heterocycles. The Bertz CT molecular complexity index is 349. The van der Waals surface area contributed by atoms with E-state index >= 15 is 0 Å². The highest BCUT2D eigenvalue weighted by Crippen LogP contribution is 2.06. The third kappa shape index (κ3) is 3.78. The summed E-state index contributed by atoms with van der Waals surface area (Å²) in [4.78, 5) is 21.7. The first kappa shape index (κ1) is 12.0. The van der Waals surface area contributed by atoms with Crippen LogP contribution in [0.2, 0.25) is 0 Å². The second kappa shape index (κ2) is 6.30. The molecule has 5 nitrogen and oxygen atoms in total. The van der Waals surface area contributed by atoms with Gasteiger partial charge >= 0.3 is 0 Å². The van der Waals surface area contributed by atoms with E-state index in [1.807, 2.05) is 0 Å². The summed E-state index contributed by atoms with van der Waals surface area (Å²) in [5, 5.41) is 2.87. The third-order valence-corrected chi connectivity index (χ3v) is 2.95. The van der Waals surface area contributed by atoms with Crippen molar-refractivity contribution in [3.63, 3.8) is 0 Å². The van der Waals surface area contributed by atoms with Crippen molar-refractivity contribution >= 4 is 5.91 Å². The van der Waals surface area contributed by atoms with Crippen molar-refractivity contribution in [2.24, 2.45) is 0 Å². The Hall–Kier alpha value is -1.49. The number of rotatable bonds is 5. The van der Waals surface area contributed by atoms with E-state index in [0.717, 1.165) is 13.0 Å². The van der Waals surface area contributed by atoms with Gasteiger partial charge in [-0.2, -0.15) is 0 Å². The Balaban J connectivity index is 1.63. The summed E-state index contributed by atoms with van der Waals surface area (Å²) in [7, 11) is 0. The predicted molar refractivity (Wildman–Crippen MR) is 64.7 cm³/mol. The van der Waals surface area contributed by atoms with Crippen LogP contribution in [0.5, 0.6) is 0 Å². The molecule has 0 aliphatic carbocycles. The van der Waals surface area contributed by atoms with Crippen molar-refractivity contribution in [1.82, 2.24) is 20.2 Å². The van der Waals surface area contributed by atoms with Crippen molar-refractivity contribution in [2.75, 3.05) is 26.2 Å². The average molecular weight is 234 g/mol. The summed E-state index contributed by atoms with van der Waals surface area (Å²) in [5.41, 5.74) is 0.432. The van der Waals surface area contributed by atoms with Crippen molar-refractivity contribution in [3.05, 3.63) is 24.3 Å². The van der Waals surface area contributed by atoms with E-state index in [-0.39, 0.29) is 5.91 Å². The van der Waals surface area contributed by atoms with Crippen molar-refractivity contribution in [3.8, 4) is 0 Å². The summed E-state index contributed by atoms with van der Waals surface area (Å²) >= 11 is 0. The zero-order chi connectivity index (χ0) is 11.9. The number of aromatic nitrogens is 2. The van der Waals surface area contributed by atoms with Gasteiger partial charge in [0.15, 0.2) is 0 Å². The summed E-state index contributed by atoms with van der Waals surface area (Å²) in [6.45, 7) is 4.20. The van der Waals surface area contributed by atoms with Gasteiger partial charge in [0, 0.05) is 12.7 Å². The molecule has 1 N–H and O–H groups in total. The van der Waals surface area contributed by atoms with Gasteiger partial charge in [-0.3, -0.25) is 4.79 Å². The predicted octanol–water partition coefficient (Wildman–Crippen LogP) is 0.692. The van der Waals surface area contributed by atoms with E-state index in [9.17, 15) is 4.79 Å². The molecule has 0 radical (unpaired) electrons. The van der Waals surface area contributed by atoms with Crippen LogP contribution in [0.25, 0.3) is 0 Å². The van der Waals surface area contributed by atoms with Crippen LogP contribution in [-0.4, -0.2) is 47.0 Å². The second-order valence-corrected chi connectivity index (χ2v) is 4.25. The lowest BCUT2D eigenvalue weighted by molar-refractivity contribution is 0.0947. The van der Waals surface area contributed by atoms with Crippen LogP contribution in [0.3, 0.4) is 0 Å². The maximum atomic E-state index is 11.6. The number of carbonyl (C=O) groups is 1. The summed E-state index contributed by atoms with van der Waals surface area (Å²) in [5.74, 6) is -0.117. The van der Waals surface area contributed by atoms with Crippen molar-refractivity contribution in [1.29, 1.82) is 0 Å². The van der Waals surface area contributed by atoms with Crippen LogP contribution >= 0.6 is 0 Å². The largest absolute Gasteiger partial charge is 0.351 e. The molecule has 2 rings (SSSR count). The minimum Gasteiger partial charge on any atom is -0.351 e. The minimum absolute atomic E-state index is 0.117. The van der Waals surface area contributed by atoms with Gasteiger partial charge in [0.05, 0.1) is 0 Å². The van der Waals surface area contributed by atoms with Crippen LogP contribution < -0.4 is 5.32 Å². The number of carbonyl (C=O) groups excluding carboxylic acids is 1. The highest BCUT2D eigenvalue weighted by molar-refractivity contribution is 5.91. The molecular formula is C12H18N4O. The number of amides is 1. The highest BCUT2D eigenvalue weighted by Gasteiger charge is 2.11. The van der Waals surface area contributed by atoms with Gasteiger partial charge in [-0.15, -0.1) is 0 Å². The van der Waals surface area contributed by atoms with Gasteiger partial charge in [0.25, 0.3) is 5.91 Å². The summed E-state index contributed by atoms with van der Waals surface area (Å²) < 4.78 is 0. The molecule has 0 atom stereocenters. The lowest BCUT2D eigenvalue weighted by Gasteiger charge is -2.14. The molecule has 0 aromatic carbocycles. The van der Waals surface area contributed by atoms with Crippen LogP contribution in [0.4, 0.5) is 0 Å². The molecule has 1 aromatic heterocycles. The summed E-state index contributed by atoms with van der Waals surface area (Å²) in [6, 6.07) is 1.62. The number of nitrogens with zero attached hydrogens (tertiary/aromatic N) is 3. The molecule has 1 saturated heterocycles. The lowest BCUT2D eigenvalue weighted by atomic mass is 10.3. The Morgan fingerprint density at radius 1 is 1.41 bits per heavy atom. The molecule has 1 fully saturated rings. The van der Waals surface area contributed by atoms with Crippen LogP contribution in [0.15, 0.2) is 18.6 Å². The quantitative estimate of drug-likeness (QED) is 0.762. The fourth-order valence-electron chi connectivity index (χ4n) is 2.03. The molecule has 5 heteroatoms. The number of hydrogen-bond donors (Lipinski definition) is 1. The Morgan fingerprint density at radius 3 is 2.94 bits per heavy atom. The van der Waals surface area contributed by atoms with E-state index in [4.69, 9.17) is 0 Å². The molecule has 2 heterocycles. The fraction of sp³-hybridized carbons (Fsp3) is 0.583. The van der Waals surface area contributed by atoms with Gasteiger partial charge < -0.3 is 10.2 Å². The van der Waals surface area contributed by atoms with E-state index in [1.165, 1.54) is 32.3 Å². The maximum Gasteiger partial charge on any atom is 0.270 e. The Kier molecular flexibility index (Phi) is 4.44. The lowest BCUT2D eigenvalue weighted by Crippen LogP contribution is -2.29. The molecule has 0 saturated carbocycles. The first-order chi connectivity index (χ1) is 8.36. The van der Waals surface area contributed by atoms with E-state index in [0.29, 0.717) is 12.2 Å². The average Bonchev–Trinajstić information content (AvgIpc) is 2.88. The molecule has 1 amide bonds. The molecule has 0 unspecified atom stereocenters. The molecule has 1 aromatic rings. The van der Waals surface area contributed by atoms with Gasteiger partial charge in [0.2, 0.25) is 0 Å². The van der Waals surface area contributed by atoms with Gasteiger partial charge in [-0.25, -0.2) is 9.97 Å². The maximum absolute atomic E-state index is 11.6. The first-order valence-electron chi connectivity index (χ1n) is 6.13. The van der Waals surface area contributed by atoms with E-state index in [1.54, 1.807) is 12.3 Å². The minimum atomic E-state index is -0.117. The van der Waals surface area contributed by atoms with Crippen LogP contribution in [-0.2, 0) is 0 Å². The zero-order valence-electron chi connectivity index (χ0n) is 9.93. The van der Waals surface area contributed by atoms with Gasteiger partial charge in [-0.05, 0) is 45.0 Å². The van der Waals surface area contributed by atoms with E-state index in [2.05, 4.69) is 20.2 Å². The normalized spacial score (nSPS) is 16.0. The SMILES string of the molecule is O=C(NCCCN1CCCC1)c1ccncn1. The molecule has 0 bridgehead atoms. The monoisotopic (exact) mass is 234 g/mol. The van der Waals surface area contributed by atoms with Gasteiger partial charge in [-0.1, -0.05) is 0 Å². The third-order valence-electron chi connectivity index (χ3n) is 2.95. The fourth-order valence-corrected chi connectivity index (χ4v) is 2.03. The topological polar surface area (TPSA) is 58.1 Å². The number of hydrogen-bond acceptors (Lipinski definition) is 4. The molecule has 0 spiro atoms. The van der Waals surface area contributed by atoms with Crippen LogP contribution in [0, 0.1) is 0 Å². The number of nitrogens with one attached hydrogen (secondary N) is 1. The van der Waals surface area contributed by atoms with Crippen LogP contribution in [0.1, 0.15) is 29.8 Å². The summed E-state index contributed by atoms with van der Waals surface area (Å²) in [6.07, 6.45) is 6.59. The van der Waals surface area contributed by atoms with E-state index < -0.39 is 0 Å². The molecular weight excluding hydrogens is 216 g/mol. The first-order valence-corrected chi connectivity index (χ1v) is 6.13. The second-order valence-electron chi connectivity index (χ2n) is 4.25. The van der Waals surface area contributed by atoms with Crippen molar-refractivity contribution in [2.45, 2.75) is 19.3 Å². The van der Waals surface area contributed by atoms with Gasteiger partial charge in [0.1, 0.15) is 12.0 Å². The Labute approximate surface area is 101 Å². The molecule has 92 valence electrons. The molecule has 1 aliphatic rings.